The van der Waals surface area contributed by atoms with Gasteiger partial charge in [-0.25, -0.2) is 0 Å². The van der Waals surface area contributed by atoms with E-state index in [1.165, 1.54) is 44.9 Å². The van der Waals surface area contributed by atoms with E-state index in [0.29, 0.717) is 12.8 Å². The molecular weight excluding hydrogens is 328 g/mol. The number of quaternary nitrogens is 1. The number of hydrogen-bond acceptors (Lipinski definition) is 3. The third-order valence-electron chi connectivity index (χ3n) is 4.91. The number of carboxylic acids is 1. The van der Waals surface area contributed by atoms with E-state index in [9.17, 15) is 14.7 Å². The largest absolute Gasteiger partial charge is 0.544 e. The maximum atomic E-state index is 12.3. The van der Waals surface area contributed by atoms with E-state index in [1.807, 2.05) is 28.1 Å². The number of aliphatic carboxylic acids is 1. The minimum atomic E-state index is -1.10. The lowest BCUT2D eigenvalue weighted by Crippen LogP contribution is -2.64. The molecule has 2 atom stereocenters. The predicted octanol–water partition coefficient (Wildman–Crippen LogP) is 3.02. The first-order valence-corrected chi connectivity index (χ1v) is 10.5. The van der Waals surface area contributed by atoms with Gasteiger partial charge in [-0.1, -0.05) is 71.6 Å². The van der Waals surface area contributed by atoms with Gasteiger partial charge in [-0.3, -0.25) is 4.79 Å². The Hall–Kier alpha value is -1.10. The standard InChI is InChI=1S/C21H42N2O3/c1-6-8-9-10-11-12-13-14-15-17-19(24)22-18(16-7-2)20(21(25)26)23(3,4)5/h18,20H,6-17H2,1-5H3,(H-,22,24,25,26). The van der Waals surface area contributed by atoms with Crippen molar-refractivity contribution in [2.45, 2.75) is 103 Å². The lowest BCUT2D eigenvalue weighted by Gasteiger charge is -2.39. The summed E-state index contributed by atoms with van der Waals surface area (Å²) in [5, 5.41) is 14.5. The monoisotopic (exact) mass is 370 g/mol. The average Bonchev–Trinajstić information content (AvgIpc) is 2.51. The summed E-state index contributed by atoms with van der Waals surface area (Å²) in [5.41, 5.74) is 0. The molecule has 0 spiro atoms. The van der Waals surface area contributed by atoms with Crippen LogP contribution in [0, 0.1) is 0 Å². The van der Waals surface area contributed by atoms with Crippen LogP contribution in [0.25, 0.3) is 0 Å². The van der Waals surface area contributed by atoms with Crippen LogP contribution in [0.15, 0.2) is 0 Å². The van der Waals surface area contributed by atoms with E-state index < -0.39 is 12.0 Å². The summed E-state index contributed by atoms with van der Waals surface area (Å²) in [6, 6.07) is -1.11. The number of carboxylic acid groups (broad SMARTS) is 1. The predicted molar refractivity (Wildman–Crippen MR) is 106 cm³/mol. The van der Waals surface area contributed by atoms with Crippen LogP contribution in [0.2, 0.25) is 0 Å². The second-order valence-electron chi connectivity index (χ2n) is 8.42. The number of carbonyl (C=O) groups excluding carboxylic acids is 2. The van der Waals surface area contributed by atoms with Gasteiger partial charge in [-0.15, -0.1) is 0 Å². The molecule has 0 saturated heterocycles. The van der Waals surface area contributed by atoms with Crippen LogP contribution in [0.1, 0.15) is 90.9 Å². The summed E-state index contributed by atoms with van der Waals surface area (Å²) >= 11 is 0. The van der Waals surface area contributed by atoms with Crippen molar-refractivity contribution in [3.05, 3.63) is 0 Å². The van der Waals surface area contributed by atoms with Crippen LogP contribution in [0.5, 0.6) is 0 Å². The molecule has 0 aromatic rings. The van der Waals surface area contributed by atoms with E-state index in [0.717, 1.165) is 19.3 Å². The van der Waals surface area contributed by atoms with E-state index in [-0.39, 0.29) is 16.4 Å². The number of amides is 1. The summed E-state index contributed by atoms with van der Waals surface area (Å²) in [5.74, 6) is -1.13. The summed E-state index contributed by atoms with van der Waals surface area (Å²) in [4.78, 5) is 23.9. The molecule has 0 heterocycles. The molecule has 0 radical (unpaired) electrons. The molecular formula is C21H42N2O3. The van der Waals surface area contributed by atoms with Gasteiger partial charge in [0.25, 0.3) is 0 Å². The molecule has 0 fully saturated rings. The quantitative estimate of drug-likeness (QED) is 0.335. The number of likely N-dealkylation sites (N-methyl/N-ethyl adjacent to an activating group) is 1. The average molecular weight is 371 g/mol. The molecule has 1 N–H and O–H groups in total. The molecule has 26 heavy (non-hydrogen) atoms. The first kappa shape index (κ1) is 24.9. The normalized spacial score (nSPS) is 14.0. The highest BCUT2D eigenvalue weighted by molar-refractivity contribution is 5.78. The van der Waals surface area contributed by atoms with Gasteiger partial charge in [-0.05, 0) is 12.8 Å². The second-order valence-corrected chi connectivity index (χ2v) is 8.42. The van der Waals surface area contributed by atoms with Gasteiger partial charge in [0.2, 0.25) is 5.91 Å². The fourth-order valence-corrected chi connectivity index (χ4v) is 3.52. The summed E-state index contributed by atoms with van der Waals surface area (Å²) in [6.45, 7) is 4.23. The number of hydrogen-bond donors (Lipinski definition) is 1. The minimum Gasteiger partial charge on any atom is -0.544 e. The zero-order chi connectivity index (χ0) is 20.0. The van der Waals surface area contributed by atoms with Gasteiger partial charge in [0.05, 0.1) is 27.2 Å². The molecule has 0 aliphatic carbocycles. The van der Waals surface area contributed by atoms with E-state index in [1.54, 1.807) is 0 Å². The van der Waals surface area contributed by atoms with Gasteiger partial charge < -0.3 is 19.7 Å². The summed E-state index contributed by atoms with van der Waals surface area (Å²) < 4.78 is 0.241. The molecule has 0 aliphatic rings. The molecule has 5 nitrogen and oxygen atoms in total. The number of rotatable bonds is 16. The van der Waals surface area contributed by atoms with Crippen LogP contribution in [-0.4, -0.2) is 49.6 Å². The number of carbonyl (C=O) groups is 2. The van der Waals surface area contributed by atoms with Gasteiger partial charge in [-0.2, -0.15) is 0 Å². The van der Waals surface area contributed by atoms with Crippen LogP contribution in [-0.2, 0) is 9.59 Å². The fraction of sp³-hybridized carbons (Fsp3) is 0.905. The Labute approximate surface area is 161 Å². The Bertz CT molecular complexity index is 391. The molecule has 0 aromatic heterocycles. The highest BCUT2D eigenvalue weighted by Crippen LogP contribution is 2.14. The molecule has 0 aromatic carbocycles. The Balaban J connectivity index is 4.18. The summed E-state index contributed by atoms with van der Waals surface area (Å²) in [6.07, 6.45) is 12.9. The smallest absolute Gasteiger partial charge is 0.220 e. The second kappa shape index (κ2) is 14.0. The Morgan fingerprint density at radius 1 is 0.846 bits per heavy atom. The first-order valence-electron chi connectivity index (χ1n) is 10.5. The molecule has 0 bridgehead atoms. The van der Waals surface area contributed by atoms with Crippen molar-refractivity contribution >= 4 is 11.9 Å². The topological polar surface area (TPSA) is 69.2 Å². The van der Waals surface area contributed by atoms with Crippen LogP contribution < -0.4 is 10.4 Å². The van der Waals surface area contributed by atoms with Gasteiger partial charge >= 0.3 is 0 Å². The molecule has 154 valence electrons. The molecule has 2 unspecified atom stereocenters. The molecule has 0 saturated carbocycles. The van der Waals surface area contributed by atoms with Gasteiger partial charge in [0.1, 0.15) is 12.0 Å². The third kappa shape index (κ3) is 11.5. The third-order valence-corrected chi connectivity index (χ3v) is 4.91. The number of unbranched alkanes of at least 4 members (excludes halogenated alkanes) is 8. The SMILES string of the molecule is CCCCCCCCCCCC(=O)NC(CCC)C(C(=O)[O-])[N+](C)(C)C. The fourth-order valence-electron chi connectivity index (χ4n) is 3.52. The van der Waals surface area contributed by atoms with Gasteiger partial charge in [0, 0.05) is 6.42 Å². The van der Waals surface area contributed by atoms with E-state index in [4.69, 9.17) is 0 Å². The van der Waals surface area contributed by atoms with Gasteiger partial charge in [0.15, 0.2) is 0 Å². The maximum Gasteiger partial charge on any atom is 0.220 e. The lowest BCUT2D eigenvalue weighted by molar-refractivity contribution is -0.890. The van der Waals surface area contributed by atoms with Crippen molar-refractivity contribution in [1.82, 2.24) is 5.32 Å². The highest BCUT2D eigenvalue weighted by Gasteiger charge is 2.34. The zero-order valence-corrected chi connectivity index (χ0v) is 17.8. The maximum absolute atomic E-state index is 12.3. The molecule has 1 amide bonds. The van der Waals surface area contributed by atoms with Crippen molar-refractivity contribution in [1.29, 1.82) is 0 Å². The zero-order valence-electron chi connectivity index (χ0n) is 17.8. The minimum absolute atomic E-state index is 0.0360. The number of nitrogens with one attached hydrogen (secondary N) is 1. The number of nitrogens with zero attached hydrogens (tertiary/aromatic N) is 1. The molecule has 0 aliphatic heterocycles. The van der Waals surface area contributed by atoms with E-state index >= 15 is 0 Å². The van der Waals surface area contributed by atoms with Crippen LogP contribution in [0.4, 0.5) is 0 Å². The van der Waals surface area contributed by atoms with E-state index in [2.05, 4.69) is 12.2 Å². The van der Waals surface area contributed by atoms with Crippen LogP contribution >= 0.6 is 0 Å². The molecule has 0 rings (SSSR count). The van der Waals surface area contributed by atoms with Crippen molar-refractivity contribution in [2.75, 3.05) is 21.1 Å². The Kier molecular flexibility index (Phi) is 13.4. The van der Waals surface area contributed by atoms with Crippen LogP contribution in [0.3, 0.4) is 0 Å². The lowest BCUT2D eigenvalue weighted by atomic mass is 10.00. The summed E-state index contributed by atoms with van der Waals surface area (Å²) in [7, 11) is 5.49. The molecule has 5 heteroatoms. The van der Waals surface area contributed by atoms with Crippen molar-refractivity contribution in [2.24, 2.45) is 0 Å². The van der Waals surface area contributed by atoms with Crippen molar-refractivity contribution in [3.8, 4) is 0 Å². The van der Waals surface area contributed by atoms with Crippen molar-refractivity contribution < 1.29 is 19.2 Å². The Morgan fingerprint density at radius 2 is 1.35 bits per heavy atom. The first-order chi connectivity index (χ1) is 12.2. The highest BCUT2D eigenvalue weighted by atomic mass is 16.4. The van der Waals surface area contributed by atoms with Crippen molar-refractivity contribution in [3.63, 3.8) is 0 Å². The Morgan fingerprint density at radius 3 is 1.77 bits per heavy atom.